The van der Waals surface area contributed by atoms with Crippen molar-refractivity contribution >= 4 is 0 Å². The van der Waals surface area contributed by atoms with Gasteiger partial charge in [-0.25, -0.2) is 4.39 Å². The minimum atomic E-state index is -0.241. The molecule has 0 bridgehead atoms. The summed E-state index contributed by atoms with van der Waals surface area (Å²) in [6.45, 7) is 3.96. The first kappa shape index (κ1) is 13.1. The number of rotatable bonds is 2. The van der Waals surface area contributed by atoms with E-state index < -0.39 is 0 Å². The summed E-state index contributed by atoms with van der Waals surface area (Å²) in [6.07, 6.45) is 1.10. The predicted octanol–water partition coefficient (Wildman–Crippen LogP) is 3.84. The van der Waals surface area contributed by atoms with Gasteiger partial charge in [-0.3, -0.25) is 0 Å². The van der Waals surface area contributed by atoms with E-state index in [1.54, 1.807) is 12.1 Å². The molecule has 2 atom stereocenters. The van der Waals surface area contributed by atoms with Gasteiger partial charge in [-0.2, -0.15) is 0 Å². The number of ether oxygens (including phenoxy) is 1. The van der Waals surface area contributed by atoms with Crippen molar-refractivity contribution in [2.45, 2.75) is 32.4 Å². The number of hydrogen-bond donors (Lipinski definition) is 1. The van der Waals surface area contributed by atoms with E-state index in [4.69, 9.17) is 10.5 Å². The van der Waals surface area contributed by atoms with Crippen molar-refractivity contribution in [1.82, 2.24) is 0 Å². The van der Waals surface area contributed by atoms with Gasteiger partial charge in [0.1, 0.15) is 17.7 Å². The fourth-order valence-corrected chi connectivity index (χ4v) is 2.77. The van der Waals surface area contributed by atoms with Crippen LogP contribution in [0.25, 0.3) is 11.1 Å². The van der Waals surface area contributed by atoms with Crippen LogP contribution in [-0.2, 0) is 6.42 Å². The van der Waals surface area contributed by atoms with Crippen molar-refractivity contribution in [3.8, 4) is 16.9 Å². The lowest BCUT2D eigenvalue weighted by molar-refractivity contribution is 0.254. The molecule has 3 rings (SSSR count). The maximum absolute atomic E-state index is 13.6. The molecule has 2 unspecified atom stereocenters. The molecule has 0 aromatic heterocycles. The SMILES string of the molecule is CC1Cc2cc(-c3cc(F)ccc3C(C)N)ccc2O1. The summed E-state index contributed by atoms with van der Waals surface area (Å²) < 4.78 is 19.3. The number of fused-ring (bicyclic) bond motifs is 1. The molecule has 3 heteroatoms. The Morgan fingerprint density at radius 1 is 1.25 bits per heavy atom. The molecular weight excluding hydrogens is 253 g/mol. The Labute approximate surface area is 118 Å². The molecule has 0 amide bonds. The smallest absolute Gasteiger partial charge is 0.123 e. The zero-order chi connectivity index (χ0) is 14.3. The van der Waals surface area contributed by atoms with Crippen LogP contribution in [0.1, 0.15) is 31.0 Å². The summed E-state index contributed by atoms with van der Waals surface area (Å²) in [7, 11) is 0. The molecule has 0 spiro atoms. The Hall–Kier alpha value is -1.87. The van der Waals surface area contributed by atoms with Crippen LogP contribution in [0, 0.1) is 5.82 Å². The average Bonchev–Trinajstić information content (AvgIpc) is 2.77. The summed E-state index contributed by atoms with van der Waals surface area (Å²) in [5.41, 5.74) is 9.98. The van der Waals surface area contributed by atoms with Crippen molar-refractivity contribution in [2.24, 2.45) is 5.73 Å². The van der Waals surface area contributed by atoms with Crippen LogP contribution in [0.4, 0.5) is 4.39 Å². The van der Waals surface area contributed by atoms with Crippen molar-refractivity contribution in [3.05, 3.63) is 53.3 Å². The molecule has 2 nitrogen and oxygen atoms in total. The normalized spacial score (nSPS) is 18.5. The molecule has 0 fully saturated rings. The quantitative estimate of drug-likeness (QED) is 0.900. The van der Waals surface area contributed by atoms with Gasteiger partial charge in [-0.1, -0.05) is 12.1 Å². The largest absolute Gasteiger partial charge is 0.490 e. The lowest BCUT2D eigenvalue weighted by Gasteiger charge is -2.14. The summed E-state index contributed by atoms with van der Waals surface area (Å²) in [6, 6.07) is 10.7. The van der Waals surface area contributed by atoms with Gasteiger partial charge >= 0.3 is 0 Å². The molecule has 2 aromatic carbocycles. The first-order chi connectivity index (χ1) is 9.54. The average molecular weight is 271 g/mol. The maximum Gasteiger partial charge on any atom is 0.123 e. The lowest BCUT2D eigenvalue weighted by Crippen LogP contribution is -2.07. The fraction of sp³-hybridized carbons (Fsp3) is 0.294. The Kier molecular flexibility index (Phi) is 3.22. The van der Waals surface area contributed by atoms with E-state index in [1.165, 1.54) is 11.6 Å². The molecule has 1 aliphatic rings. The second-order valence-corrected chi connectivity index (χ2v) is 5.48. The van der Waals surface area contributed by atoms with Gasteiger partial charge in [0, 0.05) is 12.5 Å². The maximum atomic E-state index is 13.6. The highest BCUT2D eigenvalue weighted by Crippen LogP contribution is 2.35. The summed E-state index contributed by atoms with van der Waals surface area (Å²) in [5, 5.41) is 0. The van der Waals surface area contributed by atoms with E-state index in [2.05, 4.69) is 13.0 Å². The molecule has 2 aromatic rings. The van der Waals surface area contributed by atoms with Gasteiger partial charge in [0.05, 0.1) is 0 Å². The number of hydrogen-bond acceptors (Lipinski definition) is 2. The zero-order valence-electron chi connectivity index (χ0n) is 11.7. The third kappa shape index (κ3) is 2.29. The Morgan fingerprint density at radius 3 is 2.80 bits per heavy atom. The van der Waals surface area contributed by atoms with Crippen molar-refractivity contribution < 1.29 is 9.13 Å². The van der Waals surface area contributed by atoms with Crippen LogP contribution < -0.4 is 10.5 Å². The standard InChI is InChI=1S/C17H18FNO/c1-10-7-13-8-12(3-6-17(13)20-10)16-9-14(18)4-5-15(16)11(2)19/h3-6,8-11H,7,19H2,1-2H3. The zero-order valence-corrected chi connectivity index (χ0v) is 11.7. The van der Waals surface area contributed by atoms with E-state index in [9.17, 15) is 4.39 Å². The summed E-state index contributed by atoms with van der Waals surface area (Å²) >= 11 is 0. The highest BCUT2D eigenvalue weighted by molar-refractivity contribution is 5.70. The third-order valence-electron chi connectivity index (χ3n) is 3.71. The fourth-order valence-electron chi connectivity index (χ4n) is 2.77. The van der Waals surface area contributed by atoms with Crippen LogP contribution in [0.3, 0.4) is 0 Å². The second-order valence-electron chi connectivity index (χ2n) is 5.48. The molecule has 0 saturated heterocycles. The van der Waals surface area contributed by atoms with Gasteiger partial charge in [0.15, 0.2) is 0 Å². The molecule has 2 N–H and O–H groups in total. The van der Waals surface area contributed by atoms with Crippen molar-refractivity contribution in [2.75, 3.05) is 0 Å². The third-order valence-corrected chi connectivity index (χ3v) is 3.71. The van der Waals surface area contributed by atoms with Crippen molar-refractivity contribution in [1.29, 1.82) is 0 Å². The number of halogens is 1. The molecule has 104 valence electrons. The van der Waals surface area contributed by atoms with E-state index in [-0.39, 0.29) is 18.0 Å². The van der Waals surface area contributed by atoms with Crippen molar-refractivity contribution in [3.63, 3.8) is 0 Å². The Balaban J connectivity index is 2.10. The Morgan fingerprint density at radius 2 is 2.05 bits per heavy atom. The molecular formula is C17H18FNO. The van der Waals surface area contributed by atoms with E-state index in [0.717, 1.165) is 28.9 Å². The first-order valence-electron chi connectivity index (χ1n) is 6.89. The highest BCUT2D eigenvalue weighted by atomic mass is 19.1. The number of benzene rings is 2. The predicted molar refractivity (Wildman–Crippen MR) is 78.2 cm³/mol. The Bertz CT molecular complexity index is 651. The minimum absolute atomic E-state index is 0.131. The number of nitrogens with two attached hydrogens (primary N) is 1. The van der Waals surface area contributed by atoms with Crippen LogP contribution in [0.2, 0.25) is 0 Å². The van der Waals surface area contributed by atoms with Gasteiger partial charge in [-0.05, 0) is 60.4 Å². The van der Waals surface area contributed by atoms with Gasteiger partial charge in [-0.15, -0.1) is 0 Å². The van der Waals surface area contributed by atoms with Gasteiger partial charge in [0.25, 0.3) is 0 Å². The second kappa shape index (κ2) is 4.91. The first-order valence-corrected chi connectivity index (χ1v) is 6.89. The molecule has 1 aliphatic heterocycles. The van der Waals surface area contributed by atoms with E-state index >= 15 is 0 Å². The minimum Gasteiger partial charge on any atom is -0.490 e. The van der Waals surface area contributed by atoms with Crippen LogP contribution in [-0.4, -0.2) is 6.10 Å². The van der Waals surface area contributed by atoms with E-state index in [0.29, 0.717) is 0 Å². The highest BCUT2D eigenvalue weighted by Gasteiger charge is 2.20. The monoisotopic (exact) mass is 271 g/mol. The topological polar surface area (TPSA) is 35.2 Å². The summed E-state index contributed by atoms with van der Waals surface area (Å²) in [5.74, 6) is 0.689. The molecule has 0 aliphatic carbocycles. The van der Waals surface area contributed by atoms with Gasteiger partial charge in [0.2, 0.25) is 0 Å². The van der Waals surface area contributed by atoms with Crippen LogP contribution in [0.15, 0.2) is 36.4 Å². The van der Waals surface area contributed by atoms with Crippen LogP contribution >= 0.6 is 0 Å². The molecule has 0 radical (unpaired) electrons. The van der Waals surface area contributed by atoms with Crippen LogP contribution in [0.5, 0.6) is 5.75 Å². The summed E-state index contributed by atoms with van der Waals surface area (Å²) in [4.78, 5) is 0. The molecule has 1 heterocycles. The van der Waals surface area contributed by atoms with E-state index in [1.807, 2.05) is 19.1 Å². The molecule has 20 heavy (non-hydrogen) atoms. The lowest BCUT2D eigenvalue weighted by atomic mass is 9.94. The molecule has 0 saturated carbocycles. The van der Waals surface area contributed by atoms with Gasteiger partial charge < -0.3 is 10.5 Å².